The maximum absolute atomic E-state index is 9.27. The van der Waals surface area contributed by atoms with Crippen LogP contribution in [0.2, 0.25) is 0 Å². The molecule has 0 radical (unpaired) electrons. The van der Waals surface area contributed by atoms with Crippen molar-refractivity contribution in [3.63, 3.8) is 0 Å². The summed E-state index contributed by atoms with van der Waals surface area (Å²) in [4.78, 5) is 4.51. The molecule has 2 aromatic rings. The Balaban J connectivity index is 2.74. The molecule has 0 amide bonds. The van der Waals surface area contributed by atoms with E-state index in [1.807, 2.05) is 34.0 Å². The van der Waals surface area contributed by atoms with Crippen molar-refractivity contribution in [2.24, 2.45) is 7.05 Å². The molecular formula is C13H14N4. The summed E-state index contributed by atoms with van der Waals surface area (Å²) in [7, 11) is 1.85. The molecule has 0 bridgehead atoms. The zero-order chi connectivity index (χ0) is 12.6. The third kappa shape index (κ3) is 1.80. The fourth-order valence-corrected chi connectivity index (χ4v) is 1.83. The number of aryl methyl sites for hydroxylation is 2. The van der Waals surface area contributed by atoms with Gasteiger partial charge >= 0.3 is 0 Å². The Labute approximate surface area is 101 Å². The first-order chi connectivity index (χ1) is 8.04. The van der Waals surface area contributed by atoms with Crippen LogP contribution in [-0.2, 0) is 7.05 Å². The van der Waals surface area contributed by atoms with Gasteiger partial charge in [0.05, 0.1) is 17.5 Å². The summed E-state index contributed by atoms with van der Waals surface area (Å²) in [5.74, 6) is 0. The summed E-state index contributed by atoms with van der Waals surface area (Å²) in [6, 6.07) is 2.24. The van der Waals surface area contributed by atoms with Gasteiger partial charge in [0.2, 0.25) is 0 Å². The molecule has 0 unspecified atom stereocenters. The number of hydrogen-bond acceptors (Lipinski definition) is 3. The molecule has 2 heterocycles. The second-order valence-corrected chi connectivity index (χ2v) is 4.19. The fourth-order valence-electron chi connectivity index (χ4n) is 1.83. The van der Waals surface area contributed by atoms with Crippen LogP contribution in [0.4, 0.5) is 0 Å². The van der Waals surface area contributed by atoms with Gasteiger partial charge < -0.3 is 0 Å². The van der Waals surface area contributed by atoms with Gasteiger partial charge in [-0.2, -0.15) is 10.4 Å². The van der Waals surface area contributed by atoms with Gasteiger partial charge in [-0.05, 0) is 31.9 Å². The Hall–Kier alpha value is -2.15. The predicted molar refractivity (Wildman–Crippen MR) is 65.4 cm³/mol. The highest BCUT2D eigenvalue weighted by atomic mass is 15.2. The first-order valence-electron chi connectivity index (χ1n) is 5.41. The maximum Gasteiger partial charge on any atom is 0.102 e. The van der Waals surface area contributed by atoms with E-state index in [-0.39, 0.29) is 0 Å². The van der Waals surface area contributed by atoms with Crippen LogP contribution < -0.4 is 0 Å². The monoisotopic (exact) mass is 226 g/mol. The summed E-state index contributed by atoms with van der Waals surface area (Å²) >= 11 is 0. The summed E-state index contributed by atoms with van der Waals surface area (Å²) in [6.07, 6.45) is 3.61. The van der Waals surface area contributed by atoms with E-state index < -0.39 is 0 Å². The van der Waals surface area contributed by atoms with Gasteiger partial charge in [0, 0.05) is 24.5 Å². The van der Waals surface area contributed by atoms with Crippen LogP contribution in [0.3, 0.4) is 0 Å². The van der Waals surface area contributed by atoms with Gasteiger partial charge in [-0.25, -0.2) is 0 Å². The number of hydrogen-bond donors (Lipinski definition) is 0. The van der Waals surface area contributed by atoms with Gasteiger partial charge in [-0.3, -0.25) is 9.67 Å². The predicted octanol–water partition coefficient (Wildman–Crippen LogP) is 2.28. The second kappa shape index (κ2) is 4.02. The van der Waals surface area contributed by atoms with Gasteiger partial charge in [0.1, 0.15) is 6.07 Å². The molecule has 0 aliphatic rings. The Kier molecular flexibility index (Phi) is 2.68. The Morgan fingerprint density at radius 3 is 2.47 bits per heavy atom. The first-order valence-corrected chi connectivity index (χ1v) is 5.41. The van der Waals surface area contributed by atoms with E-state index in [0.717, 1.165) is 28.1 Å². The topological polar surface area (TPSA) is 54.5 Å². The average Bonchev–Trinajstić information content (AvgIpc) is 2.72. The molecule has 0 spiro atoms. The highest BCUT2D eigenvalue weighted by molar-refractivity contribution is 5.68. The van der Waals surface area contributed by atoms with Crippen molar-refractivity contribution >= 4 is 0 Å². The van der Waals surface area contributed by atoms with E-state index in [1.165, 1.54) is 0 Å². The van der Waals surface area contributed by atoms with Crippen molar-refractivity contribution in [3.05, 3.63) is 34.8 Å². The molecule has 0 atom stereocenters. The van der Waals surface area contributed by atoms with Gasteiger partial charge in [0.25, 0.3) is 0 Å². The van der Waals surface area contributed by atoms with Crippen LogP contribution >= 0.6 is 0 Å². The molecule has 17 heavy (non-hydrogen) atoms. The Morgan fingerprint density at radius 1 is 1.24 bits per heavy atom. The molecule has 0 aliphatic heterocycles. The number of pyridine rings is 1. The van der Waals surface area contributed by atoms with Gasteiger partial charge in [-0.1, -0.05) is 0 Å². The van der Waals surface area contributed by atoms with Crippen LogP contribution in [0.1, 0.15) is 22.4 Å². The number of rotatable bonds is 1. The van der Waals surface area contributed by atoms with Crippen molar-refractivity contribution in [2.45, 2.75) is 20.8 Å². The lowest BCUT2D eigenvalue weighted by atomic mass is 9.99. The van der Waals surface area contributed by atoms with Gasteiger partial charge in [-0.15, -0.1) is 0 Å². The zero-order valence-corrected chi connectivity index (χ0v) is 10.4. The van der Waals surface area contributed by atoms with E-state index in [0.29, 0.717) is 5.56 Å². The van der Waals surface area contributed by atoms with Crippen molar-refractivity contribution in [1.82, 2.24) is 14.8 Å². The van der Waals surface area contributed by atoms with Gasteiger partial charge in [0.15, 0.2) is 0 Å². The molecule has 2 aromatic heterocycles. The van der Waals surface area contributed by atoms with Crippen molar-refractivity contribution in [3.8, 4) is 17.3 Å². The fraction of sp³-hybridized carbons (Fsp3) is 0.308. The smallest absolute Gasteiger partial charge is 0.102 e. The zero-order valence-electron chi connectivity index (χ0n) is 10.4. The number of aromatic nitrogens is 3. The Morgan fingerprint density at radius 2 is 1.94 bits per heavy atom. The van der Waals surface area contributed by atoms with E-state index in [9.17, 15) is 5.26 Å². The molecule has 86 valence electrons. The molecule has 0 fully saturated rings. The first kappa shape index (κ1) is 11.3. The van der Waals surface area contributed by atoms with Crippen LogP contribution in [-0.4, -0.2) is 14.8 Å². The standard InChI is InChI=1S/C13H14N4/c1-8-9(2)12(5-14)13(16-10(8)3)11-6-15-17(4)7-11/h6-7H,1-4H3. The molecule has 0 aromatic carbocycles. The normalized spacial score (nSPS) is 10.3. The Bertz CT molecular complexity index is 617. The van der Waals surface area contributed by atoms with Crippen molar-refractivity contribution in [1.29, 1.82) is 5.26 Å². The molecule has 2 rings (SSSR count). The molecule has 0 N–H and O–H groups in total. The van der Waals surface area contributed by atoms with E-state index in [1.54, 1.807) is 10.9 Å². The highest BCUT2D eigenvalue weighted by Gasteiger charge is 2.14. The van der Waals surface area contributed by atoms with Crippen LogP contribution in [0.5, 0.6) is 0 Å². The maximum atomic E-state index is 9.27. The third-order valence-electron chi connectivity index (χ3n) is 3.09. The molecule has 4 nitrogen and oxygen atoms in total. The molecule has 0 aliphatic carbocycles. The van der Waals surface area contributed by atoms with Crippen molar-refractivity contribution in [2.75, 3.05) is 0 Å². The van der Waals surface area contributed by atoms with Crippen molar-refractivity contribution < 1.29 is 0 Å². The minimum Gasteiger partial charge on any atom is -0.275 e. The van der Waals surface area contributed by atoms with E-state index in [4.69, 9.17) is 0 Å². The lowest BCUT2D eigenvalue weighted by molar-refractivity contribution is 0.768. The second-order valence-electron chi connectivity index (χ2n) is 4.19. The highest BCUT2D eigenvalue weighted by Crippen LogP contribution is 2.26. The largest absolute Gasteiger partial charge is 0.275 e. The van der Waals surface area contributed by atoms with Crippen LogP contribution in [0.25, 0.3) is 11.3 Å². The minimum atomic E-state index is 0.640. The molecule has 0 saturated carbocycles. The number of nitrogens with zero attached hydrogens (tertiary/aromatic N) is 4. The number of nitriles is 1. The van der Waals surface area contributed by atoms with E-state index in [2.05, 4.69) is 16.2 Å². The third-order valence-corrected chi connectivity index (χ3v) is 3.09. The average molecular weight is 226 g/mol. The molecule has 0 saturated heterocycles. The summed E-state index contributed by atoms with van der Waals surface area (Å²) in [5, 5.41) is 13.4. The molecular weight excluding hydrogens is 212 g/mol. The lowest BCUT2D eigenvalue weighted by Gasteiger charge is -2.09. The van der Waals surface area contributed by atoms with E-state index >= 15 is 0 Å². The van der Waals surface area contributed by atoms with Crippen LogP contribution in [0, 0.1) is 32.1 Å². The SMILES string of the molecule is Cc1nc(-c2cnn(C)c2)c(C#N)c(C)c1C. The summed E-state index contributed by atoms with van der Waals surface area (Å²) in [5.41, 5.74) is 5.28. The summed E-state index contributed by atoms with van der Waals surface area (Å²) < 4.78 is 1.71. The van der Waals surface area contributed by atoms with Crippen LogP contribution in [0.15, 0.2) is 12.4 Å². The minimum absolute atomic E-state index is 0.640. The lowest BCUT2D eigenvalue weighted by Crippen LogP contribution is -1.99. The quantitative estimate of drug-likeness (QED) is 0.749. The molecule has 4 heteroatoms. The summed E-state index contributed by atoms with van der Waals surface area (Å²) in [6.45, 7) is 5.91.